The fourth-order valence-electron chi connectivity index (χ4n) is 3.15. The molecular formula is C18H18O3. The van der Waals surface area contributed by atoms with Crippen molar-refractivity contribution in [1.29, 1.82) is 0 Å². The van der Waals surface area contributed by atoms with Crippen LogP contribution in [-0.2, 0) is 17.6 Å². The predicted octanol–water partition coefficient (Wildman–Crippen LogP) is 3.48. The van der Waals surface area contributed by atoms with Crippen LogP contribution in [0.1, 0.15) is 35.3 Å². The zero-order chi connectivity index (χ0) is 15.1. The second-order valence-electron chi connectivity index (χ2n) is 5.89. The largest absolute Gasteiger partial charge is 0.481 e. The maximum atomic E-state index is 12.7. The van der Waals surface area contributed by atoms with Gasteiger partial charge in [-0.15, -0.1) is 0 Å². The Kier molecular flexibility index (Phi) is 3.28. The first-order valence-electron chi connectivity index (χ1n) is 7.31. The summed E-state index contributed by atoms with van der Waals surface area (Å²) in [7, 11) is 0. The molecular weight excluding hydrogens is 264 g/mol. The lowest BCUT2D eigenvalue weighted by Gasteiger charge is -2.16. The Morgan fingerprint density at radius 2 is 1.67 bits per heavy atom. The molecule has 0 saturated heterocycles. The van der Waals surface area contributed by atoms with Crippen molar-refractivity contribution in [3.05, 3.63) is 47.0 Å². The molecule has 0 amide bonds. The highest BCUT2D eigenvalue weighted by Crippen LogP contribution is 2.34. The summed E-state index contributed by atoms with van der Waals surface area (Å²) < 4.78 is 0. The van der Waals surface area contributed by atoms with E-state index in [1.807, 2.05) is 24.3 Å². The standard InChI is InChI=1S/C18H18O3/c1-10(11(2)18(20)21)17(19)15-9-8-13-7-6-12-4-3-5-14(15)16(12)13/h3-5,8-11H,6-7H2,1-2H3,(H,20,21). The molecule has 0 saturated carbocycles. The van der Waals surface area contributed by atoms with E-state index in [1.54, 1.807) is 13.8 Å². The number of carboxylic acids is 1. The van der Waals surface area contributed by atoms with E-state index in [9.17, 15) is 9.59 Å². The summed E-state index contributed by atoms with van der Waals surface area (Å²) in [5.41, 5.74) is 3.23. The molecule has 3 heteroatoms. The molecule has 0 aromatic heterocycles. The van der Waals surface area contributed by atoms with Crippen LogP contribution in [0.25, 0.3) is 10.8 Å². The van der Waals surface area contributed by atoms with Gasteiger partial charge in [-0.05, 0) is 34.7 Å². The molecule has 3 nitrogen and oxygen atoms in total. The van der Waals surface area contributed by atoms with E-state index < -0.39 is 17.8 Å². The van der Waals surface area contributed by atoms with E-state index >= 15 is 0 Å². The summed E-state index contributed by atoms with van der Waals surface area (Å²) in [5, 5.41) is 11.3. The van der Waals surface area contributed by atoms with Crippen molar-refractivity contribution in [1.82, 2.24) is 0 Å². The quantitative estimate of drug-likeness (QED) is 0.873. The lowest BCUT2D eigenvalue weighted by atomic mass is 9.86. The van der Waals surface area contributed by atoms with Gasteiger partial charge in [0.05, 0.1) is 5.92 Å². The van der Waals surface area contributed by atoms with Crippen molar-refractivity contribution in [2.24, 2.45) is 11.8 Å². The van der Waals surface area contributed by atoms with Crippen molar-refractivity contribution in [3.63, 3.8) is 0 Å². The van der Waals surface area contributed by atoms with Gasteiger partial charge < -0.3 is 5.11 Å². The first-order chi connectivity index (χ1) is 10.0. The fourth-order valence-corrected chi connectivity index (χ4v) is 3.15. The highest BCUT2D eigenvalue weighted by molar-refractivity contribution is 6.11. The van der Waals surface area contributed by atoms with Gasteiger partial charge in [0.15, 0.2) is 5.78 Å². The fraction of sp³-hybridized carbons (Fsp3) is 0.333. The molecule has 0 aliphatic heterocycles. The average Bonchev–Trinajstić information content (AvgIpc) is 2.91. The van der Waals surface area contributed by atoms with E-state index in [4.69, 9.17) is 5.11 Å². The number of aryl methyl sites for hydroxylation is 2. The summed E-state index contributed by atoms with van der Waals surface area (Å²) in [4.78, 5) is 23.8. The van der Waals surface area contributed by atoms with Crippen molar-refractivity contribution >= 4 is 22.5 Å². The van der Waals surface area contributed by atoms with E-state index in [0.717, 1.165) is 18.2 Å². The normalized spacial score (nSPS) is 15.9. The monoisotopic (exact) mass is 282 g/mol. The number of rotatable bonds is 4. The van der Waals surface area contributed by atoms with E-state index in [1.165, 1.54) is 16.5 Å². The number of Topliss-reactive ketones (excluding diaryl/α,β-unsaturated/α-hetero) is 1. The number of carboxylic acid groups (broad SMARTS) is 1. The number of hydrogen-bond acceptors (Lipinski definition) is 2. The third kappa shape index (κ3) is 2.13. The van der Waals surface area contributed by atoms with Gasteiger partial charge in [0.1, 0.15) is 0 Å². The molecule has 0 radical (unpaired) electrons. The lowest BCUT2D eigenvalue weighted by molar-refractivity contribution is -0.142. The Morgan fingerprint density at radius 3 is 2.33 bits per heavy atom. The molecule has 1 aliphatic rings. The maximum absolute atomic E-state index is 12.7. The summed E-state index contributed by atoms with van der Waals surface area (Å²) >= 11 is 0. The van der Waals surface area contributed by atoms with E-state index in [-0.39, 0.29) is 5.78 Å². The van der Waals surface area contributed by atoms with Crippen LogP contribution < -0.4 is 0 Å². The molecule has 0 fully saturated rings. The molecule has 2 unspecified atom stereocenters. The molecule has 0 spiro atoms. The first-order valence-corrected chi connectivity index (χ1v) is 7.31. The van der Waals surface area contributed by atoms with Crippen LogP contribution in [0.15, 0.2) is 30.3 Å². The Bertz CT molecular complexity index is 735. The zero-order valence-electron chi connectivity index (χ0n) is 12.2. The summed E-state index contributed by atoms with van der Waals surface area (Å²) in [6.45, 7) is 3.29. The highest BCUT2D eigenvalue weighted by atomic mass is 16.4. The Hall–Kier alpha value is -2.16. The third-order valence-electron chi connectivity index (χ3n) is 4.70. The number of benzene rings is 2. The maximum Gasteiger partial charge on any atom is 0.306 e. The number of carbonyl (C=O) groups excluding carboxylic acids is 1. The van der Waals surface area contributed by atoms with Gasteiger partial charge >= 0.3 is 5.97 Å². The topological polar surface area (TPSA) is 54.4 Å². The SMILES string of the molecule is CC(C(=O)O)C(C)C(=O)c1ccc2c3c(cccc13)CC2. The minimum atomic E-state index is -0.929. The molecule has 108 valence electrons. The molecule has 0 bridgehead atoms. The van der Waals surface area contributed by atoms with E-state index in [2.05, 4.69) is 6.07 Å². The second-order valence-corrected chi connectivity index (χ2v) is 5.89. The van der Waals surface area contributed by atoms with Crippen LogP contribution >= 0.6 is 0 Å². The van der Waals surface area contributed by atoms with Crippen molar-refractivity contribution < 1.29 is 14.7 Å². The molecule has 1 aliphatic carbocycles. The Labute approximate surface area is 123 Å². The van der Waals surface area contributed by atoms with Crippen LogP contribution in [0.5, 0.6) is 0 Å². The summed E-state index contributed by atoms with van der Waals surface area (Å²) in [5.74, 6) is -2.22. The van der Waals surface area contributed by atoms with Crippen LogP contribution in [0, 0.1) is 11.8 Å². The molecule has 2 aromatic carbocycles. The van der Waals surface area contributed by atoms with E-state index in [0.29, 0.717) is 5.56 Å². The van der Waals surface area contributed by atoms with Crippen LogP contribution in [0.4, 0.5) is 0 Å². The minimum absolute atomic E-state index is 0.0829. The van der Waals surface area contributed by atoms with Gasteiger partial charge in [-0.1, -0.05) is 44.2 Å². The number of aliphatic carboxylic acids is 1. The van der Waals surface area contributed by atoms with Crippen molar-refractivity contribution in [2.75, 3.05) is 0 Å². The third-order valence-corrected chi connectivity index (χ3v) is 4.70. The van der Waals surface area contributed by atoms with Crippen molar-refractivity contribution in [2.45, 2.75) is 26.7 Å². The molecule has 2 atom stereocenters. The number of ketones is 1. The average molecular weight is 282 g/mol. The van der Waals surface area contributed by atoms with Gasteiger partial charge in [-0.3, -0.25) is 9.59 Å². The van der Waals surface area contributed by atoms with Crippen LogP contribution in [0.3, 0.4) is 0 Å². The molecule has 0 heterocycles. The van der Waals surface area contributed by atoms with Gasteiger partial charge in [-0.25, -0.2) is 0 Å². The number of carbonyl (C=O) groups is 2. The summed E-state index contributed by atoms with van der Waals surface area (Å²) in [6.07, 6.45) is 2.04. The Balaban J connectivity index is 2.10. The number of hydrogen-bond donors (Lipinski definition) is 1. The first kappa shape index (κ1) is 13.8. The predicted molar refractivity (Wildman–Crippen MR) is 81.7 cm³/mol. The zero-order valence-corrected chi connectivity index (χ0v) is 12.2. The molecule has 1 N–H and O–H groups in total. The second kappa shape index (κ2) is 4.99. The van der Waals surface area contributed by atoms with Crippen LogP contribution in [-0.4, -0.2) is 16.9 Å². The summed E-state index contributed by atoms with van der Waals surface area (Å²) in [6, 6.07) is 9.94. The lowest BCUT2D eigenvalue weighted by Crippen LogP contribution is -2.25. The van der Waals surface area contributed by atoms with Gasteiger partial charge in [0, 0.05) is 11.5 Å². The smallest absolute Gasteiger partial charge is 0.306 e. The highest BCUT2D eigenvalue weighted by Gasteiger charge is 2.28. The van der Waals surface area contributed by atoms with Gasteiger partial charge in [-0.2, -0.15) is 0 Å². The van der Waals surface area contributed by atoms with Crippen LogP contribution in [0.2, 0.25) is 0 Å². The minimum Gasteiger partial charge on any atom is -0.481 e. The molecule has 3 rings (SSSR count). The molecule has 21 heavy (non-hydrogen) atoms. The Morgan fingerprint density at radius 1 is 1.00 bits per heavy atom. The van der Waals surface area contributed by atoms with Crippen molar-refractivity contribution in [3.8, 4) is 0 Å². The molecule has 2 aromatic rings. The van der Waals surface area contributed by atoms with Gasteiger partial charge in [0.25, 0.3) is 0 Å². The van der Waals surface area contributed by atoms with Gasteiger partial charge in [0.2, 0.25) is 0 Å².